The van der Waals surface area contributed by atoms with E-state index in [1.165, 1.54) is 27.8 Å². The fourth-order valence-corrected chi connectivity index (χ4v) is 6.68. The van der Waals surface area contributed by atoms with Crippen molar-refractivity contribution in [3.63, 3.8) is 0 Å². The number of benzene rings is 2. The number of piperidine rings is 1. The maximum absolute atomic E-state index is 13.6. The average molecular weight is 526 g/mol. The number of rotatable bonds is 7. The molecule has 188 valence electrons. The highest BCUT2D eigenvalue weighted by molar-refractivity contribution is 7.89. The van der Waals surface area contributed by atoms with Crippen molar-refractivity contribution in [2.45, 2.75) is 31.2 Å². The zero-order valence-corrected chi connectivity index (χ0v) is 21.7. The number of nitrogens with zero attached hydrogens (tertiary/aromatic N) is 3. The van der Waals surface area contributed by atoms with Gasteiger partial charge in [-0.05, 0) is 73.4 Å². The third-order valence-electron chi connectivity index (χ3n) is 6.44. The molecule has 5 rings (SSSR count). The van der Waals surface area contributed by atoms with Crippen LogP contribution in [0.2, 0.25) is 0 Å². The van der Waals surface area contributed by atoms with E-state index in [4.69, 9.17) is 9.15 Å². The normalized spacial score (nSPS) is 15.3. The van der Waals surface area contributed by atoms with Crippen LogP contribution in [-0.4, -0.2) is 43.8 Å². The summed E-state index contributed by atoms with van der Waals surface area (Å²) in [5, 5.41) is 0.513. The number of hydrogen-bond acceptors (Lipinski definition) is 7. The van der Waals surface area contributed by atoms with Gasteiger partial charge in [-0.1, -0.05) is 18.3 Å². The Hall–Kier alpha value is -3.21. The highest BCUT2D eigenvalue weighted by Gasteiger charge is 2.29. The molecule has 10 heteroatoms. The number of fused-ring (bicyclic) bond motifs is 1. The number of anilines is 1. The summed E-state index contributed by atoms with van der Waals surface area (Å²) in [5.41, 5.74) is 1.12. The van der Waals surface area contributed by atoms with Crippen LogP contribution in [0.5, 0.6) is 5.75 Å². The van der Waals surface area contributed by atoms with E-state index in [-0.39, 0.29) is 17.3 Å². The Morgan fingerprint density at radius 1 is 1.17 bits per heavy atom. The fourth-order valence-electron chi connectivity index (χ4n) is 4.22. The first kappa shape index (κ1) is 24.5. The van der Waals surface area contributed by atoms with Crippen LogP contribution in [0.4, 0.5) is 5.13 Å². The topological polar surface area (TPSA) is 93.0 Å². The lowest BCUT2D eigenvalue weighted by atomic mass is 10.0. The molecule has 8 nitrogen and oxygen atoms in total. The smallest absolute Gasteiger partial charge is 0.260 e. The number of methoxy groups -OCH3 is 1. The molecule has 36 heavy (non-hydrogen) atoms. The first-order chi connectivity index (χ1) is 17.3. The van der Waals surface area contributed by atoms with Crippen LogP contribution in [0.15, 0.2) is 70.2 Å². The maximum atomic E-state index is 13.6. The molecule has 3 heterocycles. The number of ether oxygens (including phenoxy) is 1. The molecule has 0 bridgehead atoms. The van der Waals surface area contributed by atoms with Crippen molar-refractivity contribution in [1.82, 2.24) is 9.29 Å². The molecule has 0 atom stereocenters. The van der Waals surface area contributed by atoms with Crippen molar-refractivity contribution in [3.05, 3.63) is 72.2 Å². The molecule has 0 radical (unpaired) electrons. The summed E-state index contributed by atoms with van der Waals surface area (Å²) in [5.74, 6) is 1.55. The van der Waals surface area contributed by atoms with Gasteiger partial charge in [-0.15, -0.1) is 0 Å². The summed E-state index contributed by atoms with van der Waals surface area (Å²) in [4.78, 5) is 20.0. The number of thiazole rings is 1. The number of carbonyl (C=O) groups excluding carboxylic acids is 1. The standard InChI is InChI=1S/C26H27N3O5S2/c1-18-11-13-28(14-12-18)36(31,32)22-8-5-19(6-9-22)25(30)29(17-21-4-3-15-34-21)26-27-23-10-7-20(33-2)16-24(23)35-26/h3-10,15-16,18H,11-14,17H2,1-2H3. The average Bonchev–Trinajstić information content (AvgIpc) is 3.56. The number of hydrogen-bond donors (Lipinski definition) is 0. The largest absolute Gasteiger partial charge is 0.497 e. The minimum absolute atomic E-state index is 0.189. The van der Waals surface area contributed by atoms with Gasteiger partial charge in [-0.2, -0.15) is 4.31 Å². The first-order valence-corrected chi connectivity index (χ1v) is 14.0. The molecule has 1 fully saturated rings. The molecule has 2 aromatic heterocycles. The van der Waals surface area contributed by atoms with Crippen LogP contribution < -0.4 is 9.64 Å². The van der Waals surface area contributed by atoms with Crippen LogP contribution in [0.1, 0.15) is 35.9 Å². The fraction of sp³-hybridized carbons (Fsp3) is 0.308. The van der Waals surface area contributed by atoms with Gasteiger partial charge in [0.2, 0.25) is 10.0 Å². The second kappa shape index (κ2) is 10.0. The van der Waals surface area contributed by atoms with Crippen LogP contribution >= 0.6 is 11.3 Å². The Morgan fingerprint density at radius 2 is 1.92 bits per heavy atom. The van der Waals surface area contributed by atoms with Crippen LogP contribution in [0.25, 0.3) is 10.2 Å². The molecule has 1 amide bonds. The lowest BCUT2D eigenvalue weighted by Crippen LogP contribution is -2.37. The van der Waals surface area contributed by atoms with E-state index in [0.717, 1.165) is 23.1 Å². The van der Waals surface area contributed by atoms with Crippen molar-refractivity contribution in [3.8, 4) is 5.75 Å². The maximum Gasteiger partial charge on any atom is 0.260 e. The molecular formula is C26H27N3O5S2. The quantitative estimate of drug-likeness (QED) is 0.331. The molecule has 4 aromatic rings. The predicted octanol–water partition coefficient (Wildman–Crippen LogP) is 5.17. The first-order valence-electron chi connectivity index (χ1n) is 11.7. The van der Waals surface area contributed by atoms with Crippen molar-refractivity contribution in [1.29, 1.82) is 0 Å². The Kier molecular flexibility index (Phi) is 6.83. The Labute approximate surface area is 214 Å². The van der Waals surface area contributed by atoms with Gasteiger partial charge in [-0.25, -0.2) is 13.4 Å². The number of amides is 1. The van der Waals surface area contributed by atoms with Crippen LogP contribution in [-0.2, 0) is 16.6 Å². The van der Waals surface area contributed by atoms with E-state index in [9.17, 15) is 13.2 Å². The molecule has 0 unspecified atom stereocenters. The molecular weight excluding hydrogens is 498 g/mol. The Morgan fingerprint density at radius 3 is 2.58 bits per heavy atom. The van der Waals surface area contributed by atoms with Gasteiger partial charge in [0.1, 0.15) is 11.5 Å². The Bertz CT molecular complexity index is 1460. The zero-order valence-electron chi connectivity index (χ0n) is 20.1. The van der Waals surface area contributed by atoms with Crippen molar-refractivity contribution in [2.24, 2.45) is 5.92 Å². The monoisotopic (exact) mass is 525 g/mol. The lowest BCUT2D eigenvalue weighted by Gasteiger charge is -2.29. The van der Waals surface area contributed by atoms with Gasteiger partial charge in [0.25, 0.3) is 5.91 Å². The summed E-state index contributed by atoms with van der Waals surface area (Å²) in [6.45, 7) is 3.36. The number of carbonyl (C=O) groups is 1. The van der Waals surface area contributed by atoms with Gasteiger partial charge in [0.05, 0.1) is 35.0 Å². The van der Waals surface area contributed by atoms with Crippen molar-refractivity contribution < 1.29 is 22.4 Å². The summed E-state index contributed by atoms with van der Waals surface area (Å²) in [6.07, 6.45) is 3.26. The summed E-state index contributed by atoms with van der Waals surface area (Å²) in [6, 6.07) is 15.3. The minimum Gasteiger partial charge on any atom is -0.497 e. The van der Waals surface area contributed by atoms with Crippen molar-refractivity contribution >= 4 is 42.6 Å². The third-order valence-corrected chi connectivity index (χ3v) is 9.39. The van der Waals surface area contributed by atoms with Crippen LogP contribution in [0, 0.1) is 5.92 Å². The molecule has 0 aliphatic carbocycles. The molecule has 0 spiro atoms. The van der Waals surface area contributed by atoms with Gasteiger partial charge < -0.3 is 9.15 Å². The summed E-state index contributed by atoms with van der Waals surface area (Å²) < 4.78 is 39.4. The molecule has 1 saturated heterocycles. The molecule has 2 aromatic carbocycles. The van der Waals surface area contributed by atoms with Gasteiger partial charge in [0, 0.05) is 18.7 Å². The van der Waals surface area contributed by atoms with Gasteiger partial charge in [0.15, 0.2) is 5.13 Å². The summed E-state index contributed by atoms with van der Waals surface area (Å²) >= 11 is 1.38. The highest BCUT2D eigenvalue weighted by atomic mass is 32.2. The second-order valence-electron chi connectivity index (χ2n) is 8.91. The highest BCUT2D eigenvalue weighted by Crippen LogP contribution is 2.33. The van der Waals surface area contributed by atoms with Crippen LogP contribution in [0.3, 0.4) is 0 Å². The number of sulfonamides is 1. The second-order valence-corrected chi connectivity index (χ2v) is 11.9. The van der Waals surface area contributed by atoms with E-state index in [1.807, 2.05) is 18.2 Å². The Balaban J connectivity index is 1.44. The number of aromatic nitrogens is 1. The lowest BCUT2D eigenvalue weighted by molar-refractivity contribution is 0.0983. The van der Waals surface area contributed by atoms with E-state index >= 15 is 0 Å². The molecule has 1 aliphatic heterocycles. The third kappa shape index (κ3) is 4.88. The van der Waals surface area contributed by atoms with E-state index < -0.39 is 10.0 Å². The SMILES string of the molecule is COc1ccc2nc(N(Cc3ccco3)C(=O)c3ccc(S(=O)(=O)N4CCC(C)CC4)cc3)sc2c1. The number of furan rings is 1. The van der Waals surface area contributed by atoms with Gasteiger partial charge >= 0.3 is 0 Å². The molecule has 0 saturated carbocycles. The summed E-state index contributed by atoms with van der Waals surface area (Å²) in [7, 11) is -1.99. The minimum atomic E-state index is -3.59. The van der Waals surface area contributed by atoms with E-state index in [2.05, 4.69) is 11.9 Å². The van der Waals surface area contributed by atoms with E-state index in [1.54, 1.807) is 42.5 Å². The molecule has 1 aliphatic rings. The van der Waals surface area contributed by atoms with E-state index in [0.29, 0.717) is 41.2 Å². The van der Waals surface area contributed by atoms with Crippen molar-refractivity contribution in [2.75, 3.05) is 25.1 Å². The predicted molar refractivity (Wildman–Crippen MR) is 139 cm³/mol. The zero-order chi connectivity index (χ0) is 25.3. The van der Waals surface area contributed by atoms with Gasteiger partial charge in [-0.3, -0.25) is 9.69 Å². The molecule has 0 N–H and O–H groups in total.